The van der Waals surface area contributed by atoms with Crippen LogP contribution in [-0.4, -0.2) is 35.6 Å². The molecule has 0 aromatic heterocycles. The van der Waals surface area contributed by atoms with Gasteiger partial charge >= 0.3 is 0 Å². The first-order valence-corrected chi connectivity index (χ1v) is 10.5. The van der Waals surface area contributed by atoms with Crippen LogP contribution in [0.1, 0.15) is 22.7 Å². The molecule has 33 heavy (non-hydrogen) atoms. The van der Waals surface area contributed by atoms with Gasteiger partial charge in [-0.2, -0.15) is 0 Å². The topological polar surface area (TPSA) is 96.3 Å². The number of benzene rings is 3. The number of hydrogen-bond donors (Lipinski definition) is 2. The van der Waals surface area contributed by atoms with E-state index < -0.39 is 17.7 Å². The SMILES string of the molecule is COc1cccc(N2C(=O)C(=O)/C(=C(\O)c3ccc4c(c3)CCO4)C2c2ccc(O)cc2)c1. The van der Waals surface area contributed by atoms with Gasteiger partial charge in [-0.25, -0.2) is 0 Å². The number of carbonyl (C=O) groups excluding carboxylic acids is 2. The van der Waals surface area contributed by atoms with Gasteiger partial charge in [-0.05, 0) is 53.6 Å². The summed E-state index contributed by atoms with van der Waals surface area (Å²) in [6.45, 7) is 0.563. The number of carbonyl (C=O) groups is 2. The fourth-order valence-corrected chi connectivity index (χ4v) is 4.32. The molecule has 0 saturated carbocycles. The number of phenols is 1. The third-order valence-corrected chi connectivity index (χ3v) is 5.95. The van der Waals surface area contributed by atoms with Gasteiger partial charge in [0, 0.05) is 23.7 Å². The molecule has 2 heterocycles. The predicted molar refractivity (Wildman–Crippen MR) is 122 cm³/mol. The minimum atomic E-state index is -0.887. The van der Waals surface area contributed by atoms with Crippen LogP contribution >= 0.6 is 0 Å². The molecule has 0 radical (unpaired) electrons. The number of anilines is 1. The summed E-state index contributed by atoms with van der Waals surface area (Å²) in [4.78, 5) is 27.8. The van der Waals surface area contributed by atoms with Gasteiger partial charge in [0.2, 0.25) is 0 Å². The average Bonchev–Trinajstić information content (AvgIpc) is 3.41. The maximum atomic E-state index is 13.2. The first-order chi connectivity index (χ1) is 16.0. The molecule has 2 N–H and O–H groups in total. The second-order valence-electron chi connectivity index (χ2n) is 7.88. The number of nitrogens with zero attached hydrogens (tertiary/aromatic N) is 1. The van der Waals surface area contributed by atoms with E-state index in [0.717, 1.165) is 11.3 Å². The summed E-state index contributed by atoms with van der Waals surface area (Å²) in [5.41, 5.74) is 2.37. The molecule has 1 saturated heterocycles. The van der Waals surface area contributed by atoms with Crippen molar-refractivity contribution in [1.82, 2.24) is 0 Å². The smallest absolute Gasteiger partial charge is 0.300 e. The van der Waals surface area contributed by atoms with Crippen molar-refractivity contribution in [3.63, 3.8) is 0 Å². The third kappa shape index (κ3) is 3.47. The predicted octanol–water partition coefficient (Wildman–Crippen LogP) is 3.96. The Labute approximate surface area is 190 Å². The molecule has 2 aliphatic heterocycles. The van der Waals surface area contributed by atoms with E-state index in [1.165, 1.54) is 24.1 Å². The van der Waals surface area contributed by atoms with E-state index in [-0.39, 0.29) is 17.1 Å². The Bertz CT molecular complexity index is 1290. The summed E-state index contributed by atoms with van der Waals surface area (Å²) in [6, 6.07) is 17.4. The van der Waals surface area contributed by atoms with Crippen molar-refractivity contribution < 1.29 is 29.3 Å². The molecule has 1 fully saturated rings. The number of hydrogen-bond acceptors (Lipinski definition) is 6. The number of fused-ring (bicyclic) bond motifs is 1. The number of aliphatic hydroxyl groups excluding tert-OH is 1. The highest BCUT2D eigenvalue weighted by atomic mass is 16.5. The van der Waals surface area contributed by atoms with E-state index in [2.05, 4.69) is 0 Å². The number of phenolic OH excluding ortho intramolecular Hbond substituents is 1. The number of amides is 1. The lowest BCUT2D eigenvalue weighted by atomic mass is 9.94. The zero-order valence-corrected chi connectivity index (χ0v) is 17.8. The van der Waals surface area contributed by atoms with Crippen LogP contribution in [0.15, 0.2) is 72.3 Å². The second kappa shape index (κ2) is 8.02. The van der Waals surface area contributed by atoms with Crippen molar-refractivity contribution in [2.75, 3.05) is 18.6 Å². The van der Waals surface area contributed by atoms with Crippen molar-refractivity contribution in [1.29, 1.82) is 0 Å². The van der Waals surface area contributed by atoms with E-state index in [1.807, 2.05) is 0 Å². The summed E-state index contributed by atoms with van der Waals surface area (Å²) in [5.74, 6) is -0.476. The first-order valence-electron chi connectivity index (χ1n) is 10.5. The Morgan fingerprint density at radius 1 is 1.06 bits per heavy atom. The minimum absolute atomic E-state index is 0.0209. The van der Waals surface area contributed by atoms with Crippen molar-refractivity contribution in [3.05, 3.63) is 89.0 Å². The van der Waals surface area contributed by atoms with E-state index in [0.29, 0.717) is 35.6 Å². The zero-order valence-electron chi connectivity index (χ0n) is 17.8. The lowest BCUT2D eigenvalue weighted by molar-refractivity contribution is -0.132. The van der Waals surface area contributed by atoms with E-state index in [4.69, 9.17) is 9.47 Å². The number of Topliss-reactive ketones (excluding diaryl/α,β-unsaturated/α-hetero) is 1. The van der Waals surface area contributed by atoms with Gasteiger partial charge in [-0.15, -0.1) is 0 Å². The summed E-state index contributed by atoms with van der Waals surface area (Å²) < 4.78 is 10.8. The molecule has 0 spiro atoms. The highest BCUT2D eigenvalue weighted by Crippen LogP contribution is 2.43. The molecule has 1 unspecified atom stereocenters. The molecule has 0 bridgehead atoms. The van der Waals surface area contributed by atoms with Gasteiger partial charge in [-0.1, -0.05) is 18.2 Å². The van der Waals surface area contributed by atoms with E-state index >= 15 is 0 Å². The number of aromatic hydroxyl groups is 1. The zero-order chi connectivity index (χ0) is 23.1. The number of ketones is 1. The van der Waals surface area contributed by atoms with Crippen LogP contribution in [0.3, 0.4) is 0 Å². The average molecular weight is 443 g/mol. The van der Waals surface area contributed by atoms with Crippen LogP contribution in [0.5, 0.6) is 17.2 Å². The molecule has 166 valence electrons. The molecule has 1 amide bonds. The maximum Gasteiger partial charge on any atom is 0.300 e. The van der Waals surface area contributed by atoms with E-state index in [1.54, 1.807) is 54.6 Å². The largest absolute Gasteiger partial charge is 0.508 e. The van der Waals surface area contributed by atoms with Crippen LogP contribution in [-0.2, 0) is 16.0 Å². The molecule has 5 rings (SSSR count). The Kier molecular flexibility index (Phi) is 5.01. The molecule has 3 aromatic carbocycles. The molecule has 1 atom stereocenters. The van der Waals surface area contributed by atoms with Crippen LogP contribution in [0.25, 0.3) is 5.76 Å². The van der Waals surface area contributed by atoms with Gasteiger partial charge in [0.25, 0.3) is 11.7 Å². The summed E-state index contributed by atoms with van der Waals surface area (Å²) >= 11 is 0. The summed E-state index contributed by atoms with van der Waals surface area (Å²) in [5, 5.41) is 21.0. The van der Waals surface area contributed by atoms with Crippen molar-refractivity contribution in [2.45, 2.75) is 12.5 Å². The molecule has 7 heteroatoms. The van der Waals surface area contributed by atoms with Crippen LogP contribution in [0.4, 0.5) is 5.69 Å². The maximum absolute atomic E-state index is 13.2. The van der Waals surface area contributed by atoms with Crippen LogP contribution < -0.4 is 14.4 Å². The summed E-state index contributed by atoms with van der Waals surface area (Å²) in [6.07, 6.45) is 0.704. The van der Waals surface area contributed by atoms with Crippen LogP contribution in [0, 0.1) is 0 Å². The molecular weight excluding hydrogens is 422 g/mol. The molecule has 3 aromatic rings. The molecule has 7 nitrogen and oxygen atoms in total. The minimum Gasteiger partial charge on any atom is -0.508 e. The van der Waals surface area contributed by atoms with Crippen molar-refractivity contribution in [3.8, 4) is 17.2 Å². The monoisotopic (exact) mass is 443 g/mol. The Balaban J connectivity index is 1.70. The Morgan fingerprint density at radius 2 is 1.85 bits per heavy atom. The van der Waals surface area contributed by atoms with Gasteiger partial charge in [0.15, 0.2) is 0 Å². The number of methoxy groups -OCH3 is 1. The van der Waals surface area contributed by atoms with Crippen LogP contribution in [0.2, 0.25) is 0 Å². The number of ether oxygens (including phenoxy) is 2. The standard InChI is InChI=1S/C26H21NO6/c1-32-20-4-2-3-18(14-20)27-23(15-5-8-19(28)9-6-15)22(25(30)26(27)31)24(29)17-7-10-21-16(13-17)11-12-33-21/h2-10,13-14,23,28-29H,11-12H2,1H3/b24-22-. The second-order valence-corrected chi connectivity index (χ2v) is 7.88. The highest BCUT2D eigenvalue weighted by molar-refractivity contribution is 6.51. The normalized spacial score (nSPS) is 18.8. The fraction of sp³-hybridized carbons (Fsp3) is 0.154. The van der Waals surface area contributed by atoms with Gasteiger partial charge in [-0.3, -0.25) is 14.5 Å². The Morgan fingerprint density at radius 3 is 2.61 bits per heavy atom. The molecule has 0 aliphatic carbocycles. The van der Waals surface area contributed by atoms with Gasteiger partial charge in [0.05, 0.1) is 25.3 Å². The lowest BCUT2D eigenvalue weighted by Gasteiger charge is -2.25. The molecular formula is C26H21NO6. The molecule has 2 aliphatic rings. The number of aliphatic hydroxyl groups is 1. The number of rotatable bonds is 4. The lowest BCUT2D eigenvalue weighted by Crippen LogP contribution is -2.29. The first kappa shape index (κ1) is 20.6. The quantitative estimate of drug-likeness (QED) is 0.360. The van der Waals surface area contributed by atoms with Crippen molar-refractivity contribution >= 4 is 23.1 Å². The van der Waals surface area contributed by atoms with Gasteiger partial charge in [0.1, 0.15) is 23.0 Å². The summed E-state index contributed by atoms with van der Waals surface area (Å²) in [7, 11) is 1.52. The third-order valence-electron chi connectivity index (χ3n) is 5.95. The van der Waals surface area contributed by atoms with E-state index in [9.17, 15) is 19.8 Å². The highest BCUT2D eigenvalue weighted by Gasteiger charge is 2.47. The fourth-order valence-electron chi connectivity index (χ4n) is 4.32. The Hall–Kier alpha value is -4.26. The van der Waals surface area contributed by atoms with Crippen molar-refractivity contribution in [2.24, 2.45) is 0 Å². The van der Waals surface area contributed by atoms with Gasteiger partial charge < -0.3 is 19.7 Å².